The van der Waals surface area contributed by atoms with E-state index in [9.17, 15) is 18.7 Å². The Balaban J connectivity index is 0.722. The fraction of sp³-hybridized carbons (Fsp3) is 0.640. The van der Waals surface area contributed by atoms with Gasteiger partial charge >= 0.3 is 0 Å². The van der Waals surface area contributed by atoms with Gasteiger partial charge in [0.25, 0.3) is 5.56 Å². The molecule has 0 unspecified atom stereocenters. The number of aromatic nitrogens is 5. The Kier molecular flexibility index (Phi) is 12.1. The van der Waals surface area contributed by atoms with Gasteiger partial charge in [-0.2, -0.15) is 4.98 Å². The molecule has 63 heavy (non-hydrogen) atoms. The van der Waals surface area contributed by atoms with Crippen LogP contribution in [0.5, 0.6) is 0 Å². The predicted octanol–water partition coefficient (Wildman–Crippen LogP) is 9.49. The lowest BCUT2D eigenvalue weighted by Gasteiger charge is -2.61. The molecular formula is C50H68F2N8O3. The van der Waals surface area contributed by atoms with Crippen LogP contribution in [0.4, 0.5) is 26.1 Å². The molecule has 13 heteroatoms. The number of benzene rings is 1. The Labute approximate surface area is 371 Å². The third-order valence-electron chi connectivity index (χ3n) is 16.4. The van der Waals surface area contributed by atoms with Crippen LogP contribution in [0.3, 0.4) is 0 Å². The van der Waals surface area contributed by atoms with Gasteiger partial charge in [0.2, 0.25) is 11.9 Å². The van der Waals surface area contributed by atoms with Crippen LogP contribution in [0.1, 0.15) is 110 Å². The standard InChI is InChI=1S/C50H68F2N8O3/c1-6-25-59-45(61)38-33-53-46(56-44(38)60(59)43-12-10-11-41(55-43)47(2,3)62)54-35-14-16-36(17-15-35)58-29-27-57(28-30-58)26-8-7-9-31-63-42-20-19-39-37-18-13-34-32-50(51,52)24-23-48(34,4)40(37)21-22-49(39,42)5/h6,10-12,14-17,33-34,37,39-40,42,62H,1,7-9,13,18-32H2,2-5H3,(H,53,54,56)/t34-,37-,39-,40-,42-,48-,49-/m0/s1. The number of anilines is 3. The van der Waals surface area contributed by atoms with E-state index in [4.69, 9.17) is 9.72 Å². The van der Waals surface area contributed by atoms with E-state index < -0.39 is 11.5 Å². The first kappa shape index (κ1) is 44.0. The summed E-state index contributed by atoms with van der Waals surface area (Å²) in [7, 11) is 0. The number of rotatable bonds is 14. The molecule has 5 fully saturated rings. The lowest BCUT2D eigenvalue weighted by molar-refractivity contribution is -0.169. The molecule has 4 saturated carbocycles. The molecule has 3 aromatic heterocycles. The average molecular weight is 867 g/mol. The Morgan fingerprint density at radius 3 is 2.46 bits per heavy atom. The second-order valence-electron chi connectivity index (χ2n) is 20.6. The highest BCUT2D eigenvalue weighted by Crippen LogP contribution is 2.67. The summed E-state index contributed by atoms with van der Waals surface area (Å²) in [5.41, 5.74) is 1.82. The second kappa shape index (κ2) is 17.3. The first-order valence-corrected chi connectivity index (χ1v) is 23.8. The summed E-state index contributed by atoms with van der Waals surface area (Å²) in [6.07, 6.45) is 14.8. The van der Waals surface area contributed by atoms with Gasteiger partial charge in [0.05, 0.1) is 18.3 Å². The van der Waals surface area contributed by atoms with Crippen LogP contribution in [-0.4, -0.2) is 85.7 Å². The third-order valence-corrected chi connectivity index (χ3v) is 16.4. The summed E-state index contributed by atoms with van der Waals surface area (Å²) < 4.78 is 38.7. The Morgan fingerprint density at radius 2 is 1.70 bits per heavy atom. The van der Waals surface area contributed by atoms with Gasteiger partial charge in [-0.25, -0.2) is 28.1 Å². The number of allylic oxidation sites excluding steroid dienone is 1. The van der Waals surface area contributed by atoms with E-state index in [1.807, 2.05) is 12.1 Å². The predicted molar refractivity (Wildman–Crippen MR) is 245 cm³/mol. The van der Waals surface area contributed by atoms with Gasteiger partial charge in [-0.05, 0) is 156 Å². The summed E-state index contributed by atoms with van der Waals surface area (Å²) in [5, 5.41) is 14.3. The van der Waals surface area contributed by atoms with Crippen molar-refractivity contribution < 1.29 is 18.6 Å². The van der Waals surface area contributed by atoms with Crippen LogP contribution in [-0.2, 0) is 16.9 Å². The molecule has 0 bridgehead atoms. The molecule has 0 spiro atoms. The van der Waals surface area contributed by atoms with E-state index >= 15 is 0 Å². The molecule has 4 aromatic rings. The molecule has 1 aliphatic heterocycles. The number of pyridine rings is 1. The average Bonchev–Trinajstić information content (AvgIpc) is 3.74. The smallest absolute Gasteiger partial charge is 0.278 e. The number of alkyl halides is 2. The summed E-state index contributed by atoms with van der Waals surface area (Å²) in [6, 6.07) is 13.7. The van der Waals surface area contributed by atoms with Gasteiger partial charge in [-0.15, -0.1) is 6.58 Å². The van der Waals surface area contributed by atoms with Crippen LogP contribution in [0.15, 0.2) is 66.1 Å². The van der Waals surface area contributed by atoms with Crippen LogP contribution >= 0.6 is 0 Å². The maximum atomic E-state index is 14.4. The van der Waals surface area contributed by atoms with Crippen LogP contribution in [0.25, 0.3) is 16.9 Å². The minimum absolute atomic E-state index is 0.0852. The monoisotopic (exact) mass is 867 g/mol. The Hall–Kier alpha value is -4.20. The second-order valence-corrected chi connectivity index (χ2v) is 20.6. The van der Waals surface area contributed by atoms with Crippen molar-refractivity contribution in [2.24, 2.45) is 34.5 Å². The number of nitrogens with one attached hydrogen (secondary N) is 1. The van der Waals surface area contributed by atoms with Crippen molar-refractivity contribution in [1.82, 2.24) is 29.2 Å². The highest BCUT2D eigenvalue weighted by molar-refractivity contribution is 5.77. The minimum atomic E-state index is -2.46. The molecule has 1 saturated heterocycles. The molecule has 7 atom stereocenters. The first-order chi connectivity index (χ1) is 30.2. The lowest BCUT2D eigenvalue weighted by atomic mass is 9.45. The van der Waals surface area contributed by atoms with Gasteiger partial charge in [0.15, 0.2) is 11.5 Å². The van der Waals surface area contributed by atoms with E-state index in [-0.39, 0.29) is 41.7 Å². The molecule has 340 valence electrons. The highest BCUT2D eigenvalue weighted by Gasteiger charge is 2.62. The number of nitrogens with zero attached hydrogens (tertiary/aromatic N) is 7. The normalized spacial score (nSPS) is 29.6. The number of halogens is 2. The van der Waals surface area contributed by atoms with E-state index in [0.29, 0.717) is 58.8 Å². The molecular weight excluding hydrogens is 799 g/mol. The SMILES string of the molecule is C=CCn1c(=O)c2cnc(Nc3ccc(N4CCN(CCCCCO[C@H]5CC[C@H]6[C@@H]7CC[C@H]8CC(F)(F)CC[C@]8(C)[C@H]7CC[C@]56C)CC4)cc3)nc2n1-c1cccc(C(C)(C)O)n1. The number of unbranched alkanes of at least 4 members (excludes halogenated alkanes) is 2. The zero-order chi connectivity index (χ0) is 44.1. The van der Waals surface area contributed by atoms with Crippen LogP contribution in [0.2, 0.25) is 0 Å². The molecule has 2 N–H and O–H groups in total. The number of hydrogen-bond donors (Lipinski definition) is 2. The van der Waals surface area contributed by atoms with E-state index in [0.717, 1.165) is 70.7 Å². The first-order valence-electron chi connectivity index (χ1n) is 23.8. The maximum Gasteiger partial charge on any atom is 0.278 e. The van der Waals surface area contributed by atoms with Crippen molar-refractivity contribution in [3.05, 3.63) is 77.4 Å². The molecule has 0 radical (unpaired) electrons. The molecule has 5 aliphatic rings. The molecule has 4 heterocycles. The summed E-state index contributed by atoms with van der Waals surface area (Å²) in [4.78, 5) is 32.4. The van der Waals surface area contributed by atoms with Crippen molar-refractivity contribution >= 4 is 28.4 Å². The fourth-order valence-electron chi connectivity index (χ4n) is 12.8. The molecule has 9 rings (SSSR count). The molecule has 11 nitrogen and oxygen atoms in total. The third kappa shape index (κ3) is 8.58. The van der Waals surface area contributed by atoms with Crippen molar-refractivity contribution in [2.75, 3.05) is 49.5 Å². The van der Waals surface area contributed by atoms with Crippen LogP contribution in [0, 0.1) is 34.5 Å². The van der Waals surface area contributed by atoms with Crippen molar-refractivity contribution in [3.63, 3.8) is 0 Å². The summed E-state index contributed by atoms with van der Waals surface area (Å²) in [5.74, 6) is 0.535. The molecule has 4 aliphatic carbocycles. The van der Waals surface area contributed by atoms with Crippen LogP contribution < -0.4 is 15.8 Å². The fourth-order valence-corrected chi connectivity index (χ4v) is 12.8. The van der Waals surface area contributed by atoms with E-state index in [2.05, 4.69) is 57.6 Å². The number of piperazine rings is 1. The minimum Gasteiger partial charge on any atom is -0.384 e. The Morgan fingerprint density at radius 1 is 0.921 bits per heavy atom. The largest absolute Gasteiger partial charge is 0.384 e. The van der Waals surface area contributed by atoms with Gasteiger partial charge in [0, 0.05) is 63.2 Å². The lowest BCUT2D eigenvalue weighted by Crippen LogP contribution is -2.55. The zero-order valence-corrected chi connectivity index (χ0v) is 37.9. The molecule has 1 aromatic carbocycles. The number of hydrogen-bond acceptors (Lipinski definition) is 9. The quantitative estimate of drug-likeness (QED) is 0.0946. The molecule has 0 amide bonds. The van der Waals surface area contributed by atoms with Crippen molar-refractivity contribution in [1.29, 1.82) is 0 Å². The van der Waals surface area contributed by atoms with Crippen molar-refractivity contribution in [3.8, 4) is 5.82 Å². The topological polar surface area (TPSA) is 114 Å². The maximum absolute atomic E-state index is 14.4. The zero-order valence-electron chi connectivity index (χ0n) is 37.9. The number of ether oxygens (including phenoxy) is 1. The van der Waals surface area contributed by atoms with Gasteiger partial charge in [0.1, 0.15) is 11.0 Å². The van der Waals surface area contributed by atoms with Gasteiger partial charge in [-0.3, -0.25) is 9.69 Å². The van der Waals surface area contributed by atoms with E-state index in [1.54, 1.807) is 49.0 Å². The summed E-state index contributed by atoms with van der Waals surface area (Å²) >= 11 is 0. The highest BCUT2D eigenvalue weighted by atomic mass is 19.3. The van der Waals surface area contributed by atoms with Gasteiger partial charge in [-0.1, -0.05) is 26.0 Å². The number of fused-ring (bicyclic) bond motifs is 6. The van der Waals surface area contributed by atoms with Crippen molar-refractivity contribution in [2.45, 2.75) is 129 Å². The summed E-state index contributed by atoms with van der Waals surface area (Å²) in [6.45, 7) is 18.3. The number of aliphatic hydroxyl groups is 1. The van der Waals surface area contributed by atoms with Gasteiger partial charge < -0.3 is 20.1 Å². The van der Waals surface area contributed by atoms with E-state index in [1.165, 1.54) is 42.5 Å². The Bertz CT molecular complexity index is 2320.